The highest BCUT2D eigenvalue weighted by molar-refractivity contribution is 7.20. The first-order valence-corrected chi connectivity index (χ1v) is 9.00. The normalized spacial score (nSPS) is 10.9. The van der Waals surface area contributed by atoms with E-state index in [4.69, 9.17) is 4.74 Å². The van der Waals surface area contributed by atoms with Gasteiger partial charge in [0.25, 0.3) is 5.91 Å². The van der Waals surface area contributed by atoms with Crippen LogP contribution in [0, 0.1) is 12.7 Å². The molecule has 8 heteroatoms. The Labute approximate surface area is 153 Å². The molecule has 136 valence electrons. The van der Waals surface area contributed by atoms with Crippen LogP contribution in [0.2, 0.25) is 0 Å². The summed E-state index contributed by atoms with van der Waals surface area (Å²) in [4.78, 5) is 24.9. The Balaban J connectivity index is 1.81. The number of aromatic nitrogens is 2. The first-order chi connectivity index (χ1) is 12.5. The van der Waals surface area contributed by atoms with Gasteiger partial charge in [0.15, 0.2) is 6.61 Å². The summed E-state index contributed by atoms with van der Waals surface area (Å²) < 4.78 is 19.9. The number of halogens is 1. The van der Waals surface area contributed by atoms with E-state index in [0.717, 1.165) is 22.3 Å². The molecule has 2 heterocycles. The van der Waals surface area contributed by atoms with Crippen molar-refractivity contribution in [1.82, 2.24) is 15.1 Å². The van der Waals surface area contributed by atoms with Crippen LogP contribution in [0.25, 0.3) is 15.9 Å². The maximum absolute atomic E-state index is 13.1. The van der Waals surface area contributed by atoms with Crippen molar-refractivity contribution in [1.29, 1.82) is 0 Å². The molecule has 0 aliphatic rings. The molecule has 3 aromatic rings. The predicted octanol–water partition coefficient (Wildman–Crippen LogP) is 3.22. The fourth-order valence-electron chi connectivity index (χ4n) is 2.42. The second-order valence-corrected chi connectivity index (χ2v) is 6.76. The van der Waals surface area contributed by atoms with Crippen molar-refractivity contribution < 1.29 is 18.7 Å². The number of esters is 1. The molecule has 1 amide bonds. The maximum atomic E-state index is 13.1. The number of fused-ring (bicyclic) bond motifs is 1. The predicted molar refractivity (Wildman–Crippen MR) is 97.2 cm³/mol. The van der Waals surface area contributed by atoms with Crippen LogP contribution in [0.1, 0.15) is 28.7 Å². The van der Waals surface area contributed by atoms with Gasteiger partial charge in [0.2, 0.25) is 0 Å². The highest BCUT2D eigenvalue weighted by Crippen LogP contribution is 2.30. The molecule has 1 N–H and O–H groups in total. The largest absolute Gasteiger partial charge is 0.451 e. The summed E-state index contributed by atoms with van der Waals surface area (Å²) in [6, 6.07) is 7.66. The molecule has 0 saturated heterocycles. The van der Waals surface area contributed by atoms with Gasteiger partial charge in [0.1, 0.15) is 15.5 Å². The van der Waals surface area contributed by atoms with Crippen LogP contribution in [-0.4, -0.2) is 34.8 Å². The van der Waals surface area contributed by atoms with E-state index in [0.29, 0.717) is 17.1 Å². The van der Waals surface area contributed by atoms with Crippen molar-refractivity contribution in [3.8, 4) is 5.69 Å². The van der Waals surface area contributed by atoms with Gasteiger partial charge in [-0.15, -0.1) is 11.3 Å². The fourth-order valence-corrected chi connectivity index (χ4v) is 3.50. The van der Waals surface area contributed by atoms with E-state index in [9.17, 15) is 14.0 Å². The minimum absolute atomic E-state index is 0.309. The highest BCUT2D eigenvalue weighted by atomic mass is 32.1. The zero-order valence-corrected chi connectivity index (χ0v) is 15.2. The molecular weight excluding hydrogens is 357 g/mol. The van der Waals surface area contributed by atoms with Crippen molar-refractivity contribution in [2.24, 2.45) is 0 Å². The topological polar surface area (TPSA) is 73.2 Å². The van der Waals surface area contributed by atoms with Crippen molar-refractivity contribution in [3.63, 3.8) is 0 Å². The molecule has 0 radical (unpaired) electrons. The number of hydrogen-bond acceptors (Lipinski definition) is 5. The number of carbonyl (C=O) groups excluding carboxylic acids is 2. The number of thiophene rings is 1. The highest BCUT2D eigenvalue weighted by Gasteiger charge is 2.18. The number of amides is 1. The van der Waals surface area contributed by atoms with Gasteiger partial charge in [-0.25, -0.2) is 13.9 Å². The molecule has 0 aliphatic carbocycles. The fraction of sp³-hybridized carbons (Fsp3) is 0.278. The number of rotatable bonds is 6. The molecule has 0 saturated carbocycles. The van der Waals surface area contributed by atoms with Crippen LogP contribution in [0.5, 0.6) is 0 Å². The van der Waals surface area contributed by atoms with Gasteiger partial charge in [0.05, 0.1) is 11.4 Å². The lowest BCUT2D eigenvalue weighted by Crippen LogP contribution is -2.29. The minimum atomic E-state index is -0.553. The monoisotopic (exact) mass is 375 g/mol. The molecular formula is C18H18FN3O3S. The summed E-state index contributed by atoms with van der Waals surface area (Å²) in [5.41, 5.74) is 1.45. The molecule has 26 heavy (non-hydrogen) atoms. The summed E-state index contributed by atoms with van der Waals surface area (Å²) in [7, 11) is 0. The number of ether oxygens (including phenoxy) is 1. The Kier molecular flexibility index (Phi) is 5.32. The number of carbonyl (C=O) groups is 2. The zero-order chi connectivity index (χ0) is 18.7. The zero-order valence-electron chi connectivity index (χ0n) is 14.4. The summed E-state index contributed by atoms with van der Waals surface area (Å²) in [6.45, 7) is 4.01. The molecule has 0 bridgehead atoms. The smallest absolute Gasteiger partial charge is 0.348 e. The van der Waals surface area contributed by atoms with E-state index in [1.807, 2.05) is 13.8 Å². The number of aryl methyl sites for hydroxylation is 1. The van der Waals surface area contributed by atoms with Crippen molar-refractivity contribution in [2.45, 2.75) is 20.3 Å². The van der Waals surface area contributed by atoms with Gasteiger partial charge in [-0.1, -0.05) is 6.92 Å². The third-order valence-corrected chi connectivity index (χ3v) is 4.81. The first-order valence-electron chi connectivity index (χ1n) is 8.18. The standard InChI is InChI=1S/C18H18FN3O3S/c1-3-8-20-16(23)10-25-18(24)15-9-14-11(2)21-22(17(14)26-15)13-6-4-12(19)5-7-13/h4-7,9H,3,8,10H2,1-2H3,(H,20,23). The number of nitrogens with one attached hydrogen (secondary N) is 1. The van der Waals surface area contributed by atoms with Gasteiger partial charge in [-0.05, 0) is 43.7 Å². The van der Waals surface area contributed by atoms with Crippen LogP contribution < -0.4 is 5.32 Å². The molecule has 0 unspecified atom stereocenters. The lowest BCUT2D eigenvalue weighted by molar-refractivity contribution is -0.124. The average Bonchev–Trinajstić information content (AvgIpc) is 3.19. The first kappa shape index (κ1) is 18.1. The third-order valence-electron chi connectivity index (χ3n) is 3.72. The van der Waals surface area contributed by atoms with E-state index >= 15 is 0 Å². The Morgan fingerprint density at radius 3 is 2.73 bits per heavy atom. The third kappa shape index (κ3) is 3.75. The molecule has 0 spiro atoms. The number of nitrogens with zero attached hydrogens (tertiary/aromatic N) is 2. The van der Waals surface area contributed by atoms with E-state index in [-0.39, 0.29) is 18.3 Å². The molecule has 0 atom stereocenters. The number of benzene rings is 1. The van der Waals surface area contributed by atoms with Crippen molar-refractivity contribution in [3.05, 3.63) is 46.7 Å². The van der Waals surface area contributed by atoms with Gasteiger partial charge in [-0.3, -0.25) is 4.79 Å². The molecule has 0 aliphatic heterocycles. The summed E-state index contributed by atoms with van der Waals surface area (Å²) >= 11 is 1.22. The van der Waals surface area contributed by atoms with Crippen LogP contribution in [0.15, 0.2) is 30.3 Å². The Hall–Kier alpha value is -2.74. The van der Waals surface area contributed by atoms with Crippen LogP contribution in [0.4, 0.5) is 4.39 Å². The van der Waals surface area contributed by atoms with Gasteiger partial charge < -0.3 is 10.1 Å². The van der Waals surface area contributed by atoms with Crippen molar-refractivity contribution in [2.75, 3.05) is 13.2 Å². The van der Waals surface area contributed by atoms with Gasteiger partial charge >= 0.3 is 5.97 Å². The Morgan fingerprint density at radius 2 is 2.04 bits per heavy atom. The Bertz CT molecular complexity index is 947. The Morgan fingerprint density at radius 1 is 1.31 bits per heavy atom. The lowest BCUT2D eigenvalue weighted by atomic mass is 10.3. The lowest BCUT2D eigenvalue weighted by Gasteiger charge is -2.04. The second-order valence-electron chi connectivity index (χ2n) is 5.73. The van der Waals surface area contributed by atoms with Crippen molar-refractivity contribution >= 4 is 33.4 Å². The second kappa shape index (κ2) is 7.65. The summed E-state index contributed by atoms with van der Waals surface area (Å²) in [5.74, 6) is -1.21. The van der Waals surface area contributed by atoms with Crippen LogP contribution >= 0.6 is 11.3 Å². The summed E-state index contributed by atoms with van der Waals surface area (Å²) in [5, 5.41) is 7.92. The van der Waals surface area contributed by atoms with Crippen LogP contribution in [0.3, 0.4) is 0 Å². The van der Waals surface area contributed by atoms with Crippen LogP contribution in [-0.2, 0) is 9.53 Å². The molecule has 1 aromatic carbocycles. The van der Waals surface area contributed by atoms with Gasteiger partial charge in [-0.2, -0.15) is 5.10 Å². The molecule has 2 aromatic heterocycles. The van der Waals surface area contributed by atoms with E-state index in [2.05, 4.69) is 10.4 Å². The quantitative estimate of drug-likeness (QED) is 0.672. The SMILES string of the molecule is CCCNC(=O)COC(=O)c1cc2c(C)nn(-c3ccc(F)cc3)c2s1. The molecule has 3 rings (SSSR count). The molecule has 0 fully saturated rings. The molecule has 6 nitrogen and oxygen atoms in total. The van der Waals surface area contributed by atoms with E-state index in [1.165, 1.54) is 23.5 Å². The maximum Gasteiger partial charge on any atom is 0.348 e. The number of hydrogen-bond donors (Lipinski definition) is 1. The van der Waals surface area contributed by atoms with E-state index in [1.54, 1.807) is 22.9 Å². The average molecular weight is 375 g/mol. The van der Waals surface area contributed by atoms with Gasteiger partial charge in [0, 0.05) is 11.9 Å². The minimum Gasteiger partial charge on any atom is -0.451 e. The van der Waals surface area contributed by atoms with E-state index < -0.39 is 5.97 Å². The summed E-state index contributed by atoms with van der Waals surface area (Å²) in [6.07, 6.45) is 0.815.